The molecular formula is C16H26O2S2. The second-order valence-corrected chi connectivity index (χ2v) is 8.79. The van der Waals surface area contributed by atoms with E-state index in [1.54, 1.807) is 19.1 Å². The van der Waals surface area contributed by atoms with E-state index in [0.717, 1.165) is 12.8 Å². The zero-order valence-electron chi connectivity index (χ0n) is 12.7. The van der Waals surface area contributed by atoms with Crippen LogP contribution in [0.5, 0.6) is 0 Å². The van der Waals surface area contributed by atoms with Gasteiger partial charge in [0.2, 0.25) is 0 Å². The lowest BCUT2D eigenvalue weighted by molar-refractivity contribution is 0.577. The highest BCUT2D eigenvalue weighted by Gasteiger charge is 2.23. The summed E-state index contributed by atoms with van der Waals surface area (Å²) in [5, 5.41) is -0.297. The van der Waals surface area contributed by atoms with Crippen molar-refractivity contribution in [3.8, 4) is 0 Å². The van der Waals surface area contributed by atoms with E-state index < -0.39 is 9.84 Å². The largest absolute Gasteiger partial charge is 0.223 e. The fourth-order valence-corrected chi connectivity index (χ4v) is 4.25. The Morgan fingerprint density at radius 1 is 1.10 bits per heavy atom. The molecule has 0 aliphatic carbocycles. The molecule has 0 aliphatic heterocycles. The lowest BCUT2D eigenvalue weighted by Gasteiger charge is -2.15. The van der Waals surface area contributed by atoms with Crippen molar-refractivity contribution in [2.24, 2.45) is 0 Å². The Morgan fingerprint density at radius 3 is 2.20 bits per heavy atom. The van der Waals surface area contributed by atoms with Crippen molar-refractivity contribution >= 4 is 22.5 Å². The van der Waals surface area contributed by atoms with Gasteiger partial charge in [-0.1, -0.05) is 38.8 Å². The molecule has 2 unspecified atom stereocenters. The van der Waals surface area contributed by atoms with Gasteiger partial charge in [0, 0.05) is 5.25 Å². The molecule has 0 aliphatic rings. The smallest absolute Gasteiger partial charge is 0.180 e. The summed E-state index contributed by atoms with van der Waals surface area (Å²) in [4.78, 5) is 0.429. The van der Waals surface area contributed by atoms with E-state index in [4.69, 9.17) is 0 Å². The molecule has 2 atom stereocenters. The Morgan fingerprint density at radius 2 is 1.70 bits per heavy atom. The SMILES string of the molecule is CCCCCc1ccc(S(=O)(=O)C(C)CC(C)S)cc1. The minimum atomic E-state index is -3.22. The second kappa shape index (κ2) is 8.08. The summed E-state index contributed by atoms with van der Waals surface area (Å²) in [6.45, 7) is 5.86. The highest BCUT2D eigenvalue weighted by atomic mass is 32.2. The normalized spacial score (nSPS) is 15.0. The van der Waals surface area contributed by atoms with E-state index in [0.29, 0.717) is 11.3 Å². The maximum atomic E-state index is 12.4. The van der Waals surface area contributed by atoms with Crippen LogP contribution in [0.3, 0.4) is 0 Å². The van der Waals surface area contributed by atoms with Gasteiger partial charge < -0.3 is 0 Å². The van der Waals surface area contributed by atoms with E-state index in [2.05, 4.69) is 19.6 Å². The summed E-state index contributed by atoms with van der Waals surface area (Å²) in [7, 11) is -3.22. The topological polar surface area (TPSA) is 34.1 Å². The van der Waals surface area contributed by atoms with Gasteiger partial charge in [0.05, 0.1) is 10.1 Å². The van der Waals surface area contributed by atoms with Crippen LogP contribution in [0.15, 0.2) is 29.2 Å². The lowest BCUT2D eigenvalue weighted by atomic mass is 10.1. The summed E-state index contributed by atoms with van der Waals surface area (Å²) >= 11 is 4.28. The minimum absolute atomic E-state index is 0.0908. The molecule has 0 spiro atoms. The summed E-state index contributed by atoms with van der Waals surface area (Å²) < 4.78 is 24.8. The molecule has 1 rings (SSSR count). The number of rotatable bonds is 8. The van der Waals surface area contributed by atoms with Gasteiger partial charge in [-0.3, -0.25) is 0 Å². The highest BCUT2D eigenvalue weighted by molar-refractivity contribution is 7.92. The van der Waals surface area contributed by atoms with Crippen molar-refractivity contribution in [1.82, 2.24) is 0 Å². The molecule has 0 heterocycles. The van der Waals surface area contributed by atoms with Crippen LogP contribution in [0.2, 0.25) is 0 Å². The number of hydrogen-bond donors (Lipinski definition) is 1. The molecular weight excluding hydrogens is 288 g/mol. The van der Waals surface area contributed by atoms with Crippen LogP contribution < -0.4 is 0 Å². The van der Waals surface area contributed by atoms with Gasteiger partial charge >= 0.3 is 0 Å². The first-order valence-electron chi connectivity index (χ1n) is 7.38. The zero-order chi connectivity index (χ0) is 15.2. The van der Waals surface area contributed by atoms with E-state index in [-0.39, 0.29) is 10.5 Å². The van der Waals surface area contributed by atoms with Crippen molar-refractivity contribution < 1.29 is 8.42 Å². The highest BCUT2D eigenvalue weighted by Crippen LogP contribution is 2.21. The summed E-state index contributed by atoms with van der Waals surface area (Å²) in [6, 6.07) is 7.38. The first kappa shape index (κ1) is 17.6. The van der Waals surface area contributed by atoms with Gasteiger partial charge in [-0.05, 0) is 43.9 Å². The second-order valence-electron chi connectivity index (χ2n) is 5.54. The molecule has 114 valence electrons. The molecule has 2 nitrogen and oxygen atoms in total. The molecule has 4 heteroatoms. The predicted octanol–water partition coefficient (Wildman–Crippen LogP) is 4.29. The van der Waals surface area contributed by atoms with Crippen molar-refractivity contribution in [3.63, 3.8) is 0 Å². The lowest BCUT2D eigenvalue weighted by Crippen LogP contribution is -2.20. The first-order valence-corrected chi connectivity index (χ1v) is 9.45. The van der Waals surface area contributed by atoms with Gasteiger partial charge in [0.1, 0.15) is 0 Å². The van der Waals surface area contributed by atoms with Crippen LogP contribution in [0.25, 0.3) is 0 Å². The number of thiol groups is 1. The van der Waals surface area contributed by atoms with E-state index in [9.17, 15) is 8.42 Å². The summed E-state index contributed by atoms with van der Waals surface area (Å²) in [5.41, 5.74) is 1.22. The average Bonchev–Trinajstić information content (AvgIpc) is 2.39. The zero-order valence-corrected chi connectivity index (χ0v) is 14.4. The van der Waals surface area contributed by atoms with Crippen molar-refractivity contribution in [3.05, 3.63) is 29.8 Å². The Kier molecular flexibility index (Phi) is 7.10. The number of sulfone groups is 1. The van der Waals surface area contributed by atoms with Crippen LogP contribution in [0.4, 0.5) is 0 Å². The van der Waals surface area contributed by atoms with Crippen LogP contribution >= 0.6 is 12.6 Å². The predicted molar refractivity (Wildman–Crippen MR) is 89.4 cm³/mol. The molecule has 0 radical (unpaired) electrons. The maximum absolute atomic E-state index is 12.4. The number of benzene rings is 1. The van der Waals surface area contributed by atoms with E-state index in [1.165, 1.54) is 18.4 Å². The third-order valence-electron chi connectivity index (χ3n) is 3.52. The van der Waals surface area contributed by atoms with Gasteiger partial charge in [0.15, 0.2) is 9.84 Å². The molecule has 0 saturated carbocycles. The van der Waals surface area contributed by atoms with Gasteiger partial charge in [-0.25, -0.2) is 8.42 Å². The fraction of sp³-hybridized carbons (Fsp3) is 0.625. The fourth-order valence-electron chi connectivity index (χ4n) is 2.26. The Balaban J connectivity index is 2.76. The molecule has 0 aromatic heterocycles. The molecule has 0 saturated heterocycles. The van der Waals surface area contributed by atoms with Crippen LogP contribution in [0.1, 0.15) is 52.0 Å². The third-order valence-corrected chi connectivity index (χ3v) is 5.92. The molecule has 0 amide bonds. The number of hydrogen-bond acceptors (Lipinski definition) is 3. The Hall–Kier alpha value is -0.480. The Bertz CT molecular complexity index is 490. The standard InChI is InChI=1S/C16H26O2S2/c1-4-5-6-7-15-8-10-16(11-9-15)20(17,18)14(3)12-13(2)19/h8-11,13-14,19H,4-7,12H2,1-3H3. The van der Waals surface area contributed by atoms with E-state index in [1.807, 2.05) is 19.1 Å². The van der Waals surface area contributed by atoms with Gasteiger partial charge in [0.25, 0.3) is 0 Å². The molecule has 0 fully saturated rings. The van der Waals surface area contributed by atoms with Crippen LogP contribution in [0, 0.1) is 0 Å². The van der Waals surface area contributed by atoms with E-state index >= 15 is 0 Å². The molecule has 20 heavy (non-hydrogen) atoms. The maximum Gasteiger partial charge on any atom is 0.180 e. The molecule has 1 aromatic rings. The number of aryl methyl sites for hydroxylation is 1. The van der Waals surface area contributed by atoms with Gasteiger partial charge in [-0.15, -0.1) is 0 Å². The van der Waals surface area contributed by atoms with Crippen LogP contribution in [-0.2, 0) is 16.3 Å². The van der Waals surface area contributed by atoms with Crippen LogP contribution in [-0.4, -0.2) is 18.9 Å². The van der Waals surface area contributed by atoms with Crippen molar-refractivity contribution in [1.29, 1.82) is 0 Å². The van der Waals surface area contributed by atoms with Crippen molar-refractivity contribution in [2.75, 3.05) is 0 Å². The number of unbranched alkanes of at least 4 members (excludes halogenated alkanes) is 2. The monoisotopic (exact) mass is 314 g/mol. The molecule has 0 N–H and O–H groups in total. The minimum Gasteiger partial charge on any atom is -0.223 e. The molecule has 1 aromatic carbocycles. The average molecular weight is 315 g/mol. The van der Waals surface area contributed by atoms with Crippen molar-refractivity contribution in [2.45, 2.75) is 68.3 Å². The first-order chi connectivity index (χ1) is 9.37. The molecule has 0 bridgehead atoms. The summed E-state index contributed by atoms with van der Waals surface area (Å²) in [5.74, 6) is 0. The summed E-state index contributed by atoms with van der Waals surface area (Å²) in [6.07, 6.45) is 5.18. The Labute approximate surface area is 129 Å². The van der Waals surface area contributed by atoms with Gasteiger partial charge in [-0.2, -0.15) is 12.6 Å². The quantitative estimate of drug-likeness (QED) is 0.574. The third kappa shape index (κ3) is 5.13.